The molecule has 0 aliphatic rings. The van der Waals surface area contributed by atoms with Crippen LogP contribution in [0.1, 0.15) is 24.4 Å². The lowest BCUT2D eigenvalue weighted by Crippen LogP contribution is -2.14. The summed E-state index contributed by atoms with van der Waals surface area (Å²) in [6.45, 7) is 2.48. The molecular weight excluding hydrogens is 308 g/mol. The van der Waals surface area contributed by atoms with Crippen molar-refractivity contribution >= 4 is 0 Å². The minimum atomic E-state index is -0.479. The average molecular weight is 326 g/mol. The Morgan fingerprint density at radius 1 is 1.25 bits per heavy atom. The van der Waals surface area contributed by atoms with Crippen LogP contribution in [0.2, 0.25) is 0 Å². The van der Waals surface area contributed by atoms with Crippen molar-refractivity contribution in [2.75, 3.05) is 13.7 Å². The Bertz CT molecular complexity index is 805. The van der Waals surface area contributed by atoms with Gasteiger partial charge < -0.3 is 15.2 Å². The molecule has 1 unspecified atom stereocenters. The number of hydrogen-bond acceptors (Lipinski definition) is 7. The molecule has 3 aromatic rings. The van der Waals surface area contributed by atoms with Gasteiger partial charge in [-0.05, 0) is 24.6 Å². The van der Waals surface area contributed by atoms with Crippen molar-refractivity contribution in [1.82, 2.24) is 25.1 Å². The predicted octanol–water partition coefficient (Wildman–Crippen LogP) is 1.72. The van der Waals surface area contributed by atoms with Crippen LogP contribution in [0.25, 0.3) is 11.5 Å². The molecule has 8 nitrogen and oxygen atoms in total. The monoisotopic (exact) mass is 326 g/mol. The molecule has 0 aliphatic carbocycles. The molecule has 0 amide bonds. The highest BCUT2D eigenvalue weighted by Crippen LogP contribution is 2.31. The standard InChI is InChI=1S/C16H18N6O2/c1-3-24-12-5-4-10(8-13(12)23-2)14(17)16-20-15(21-22-16)11-9-18-6-7-19-11/h4-9,14H,3,17H2,1-2H3,(H,20,21,22). The third-order valence-corrected chi connectivity index (χ3v) is 3.44. The fourth-order valence-corrected chi connectivity index (χ4v) is 2.25. The molecule has 0 aliphatic heterocycles. The van der Waals surface area contributed by atoms with Gasteiger partial charge >= 0.3 is 0 Å². The first-order valence-electron chi connectivity index (χ1n) is 7.48. The normalized spacial score (nSPS) is 12.0. The highest BCUT2D eigenvalue weighted by molar-refractivity contribution is 5.47. The van der Waals surface area contributed by atoms with E-state index in [1.165, 1.54) is 0 Å². The van der Waals surface area contributed by atoms with Crippen molar-refractivity contribution in [3.05, 3.63) is 48.2 Å². The molecule has 3 rings (SSSR count). The molecule has 8 heteroatoms. The lowest BCUT2D eigenvalue weighted by Gasteiger charge is -2.13. The number of benzene rings is 1. The van der Waals surface area contributed by atoms with Crippen molar-refractivity contribution in [2.45, 2.75) is 13.0 Å². The van der Waals surface area contributed by atoms with Gasteiger partial charge in [0.2, 0.25) is 5.82 Å². The second-order valence-corrected chi connectivity index (χ2v) is 4.96. The Kier molecular flexibility index (Phi) is 4.66. The van der Waals surface area contributed by atoms with Crippen molar-refractivity contribution in [1.29, 1.82) is 0 Å². The minimum absolute atomic E-state index is 0.450. The Morgan fingerprint density at radius 2 is 2.12 bits per heavy atom. The number of nitrogens with zero attached hydrogens (tertiary/aromatic N) is 4. The molecule has 0 radical (unpaired) electrons. The molecule has 1 atom stereocenters. The zero-order valence-electron chi connectivity index (χ0n) is 13.4. The lowest BCUT2D eigenvalue weighted by atomic mass is 10.1. The molecule has 1 aromatic carbocycles. The third kappa shape index (κ3) is 3.18. The number of aromatic nitrogens is 5. The Morgan fingerprint density at radius 3 is 2.83 bits per heavy atom. The van der Waals surface area contributed by atoms with E-state index < -0.39 is 6.04 Å². The van der Waals surface area contributed by atoms with E-state index >= 15 is 0 Å². The van der Waals surface area contributed by atoms with E-state index in [0.717, 1.165) is 5.56 Å². The molecule has 2 aromatic heterocycles. The second-order valence-electron chi connectivity index (χ2n) is 4.96. The van der Waals surface area contributed by atoms with E-state index in [0.29, 0.717) is 35.4 Å². The zero-order chi connectivity index (χ0) is 16.9. The molecule has 2 heterocycles. The van der Waals surface area contributed by atoms with Crippen LogP contribution in [-0.2, 0) is 0 Å². The van der Waals surface area contributed by atoms with Crippen molar-refractivity contribution in [3.8, 4) is 23.0 Å². The number of nitrogens with two attached hydrogens (primary N) is 1. The average Bonchev–Trinajstić information content (AvgIpc) is 3.12. The maximum atomic E-state index is 6.29. The molecule has 124 valence electrons. The molecule has 0 saturated heterocycles. The van der Waals surface area contributed by atoms with Gasteiger partial charge in [0.15, 0.2) is 11.5 Å². The van der Waals surface area contributed by atoms with Crippen molar-refractivity contribution in [2.24, 2.45) is 5.73 Å². The molecular formula is C16H18N6O2. The fraction of sp³-hybridized carbons (Fsp3) is 0.250. The Balaban J connectivity index is 1.87. The number of H-pyrrole nitrogens is 1. The van der Waals surface area contributed by atoms with E-state index in [4.69, 9.17) is 15.2 Å². The van der Waals surface area contributed by atoms with Crippen LogP contribution in [0.5, 0.6) is 11.5 Å². The van der Waals surface area contributed by atoms with Gasteiger partial charge in [-0.25, -0.2) is 9.97 Å². The maximum Gasteiger partial charge on any atom is 0.201 e. The summed E-state index contributed by atoms with van der Waals surface area (Å²) in [5, 5.41) is 7.00. The second kappa shape index (κ2) is 7.05. The van der Waals surface area contributed by atoms with Gasteiger partial charge in [0.25, 0.3) is 0 Å². The third-order valence-electron chi connectivity index (χ3n) is 3.44. The number of hydrogen-bond donors (Lipinski definition) is 2. The van der Waals surface area contributed by atoms with Crippen molar-refractivity contribution < 1.29 is 9.47 Å². The largest absolute Gasteiger partial charge is 0.493 e. The van der Waals surface area contributed by atoms with Crippen LogP contribution in [0, 0.1) is 0 Å². The Labute approximate surface area is 139 Å². The topological polar surface area (TPSA) is 112 Å². The van der Waals surface area contributed by atoms with Gasteiger partial charge in [-0.3, -0.25) is 10.1 Å². The van der Waals surface area contributed by atoms with Gasteiger partial charge in [-0.15, -0.1) is 0 Å². The van der Waals surface area contributed by atoms with Crippen LogP contribution >= 0.6 is 0 Å². The van der Waals surface area contributed by atoms with Gasteiger partial charge in [0.1, 0.15) is 11.5 Å². The van der Waals surface area contributed by atoms with E-state index in [2.05, 4.69) is 25.1 Å². The summed E-state index contributed by atoms with van der Waals surface area (Å²) in [6, 6.07) is 5.06. The summed E-state index contributed by atoms with van der Waals surface area (Å²) in [4.78, 5) is 12.6. The number of aromatic amines is 1. The van der Waals surface area contributed by atoms with E-state index in [9.17, 15) is 0 Å². The number of rotatable bonds is 6. The number of methoxy groups -OCH3 is 1. The maximum absolute atomic E-state index is 6.29. The smallest absolute Gasteiger partial charge is 0.201 e. The summed E-state index contributed by atoms with van der Waals surface area (Å²) in [5.41, 5.74) is 7.70. The molecule has 0 saturated carbocycles. The highest BCUT2D eigenvalue weighted by atomic mass is 16.5. The van der Waals surface area contributed by atoms with E-state index in [1.807, 2.05) is 25.1 Å². The van der Waals surface area contributed by atoms with Gasteiger partial charge in [-0.2, -0.15) is 5.10 Å². The minimum Gasteiger partial charge on any atom is -0.493 e. The molecule has 24 heavy (non-hydrogen) atoms. The quantitative estimate of drug-likeness (QED) is 0.709. The Hall–Kier alpha value is -3.00. The summed E-state index contributed by atoms with van der Waals surface area (Å²) < 4.78 is 10.9. The lowest BCUT2D eigenvalue weighted by molar-refractivity contribution is 0.310. The van der Waals surface area contributed by atoms with E-state index in [1.54, 1.807) is 25.7 Å². The summed E-state index contributed by atoms with van der Waals surface area (Å²) in [7, 11) is 1.59. The van der Waals surface area contributed by atoms with E-state index in [-0.39, 0.29) is 0 Å². The molecule has 0 spiro atoms. The van der Waals surface area contributed by atoms with Crippen LogP contribution < -0.4 is 15.2 Å². The molecule has 0 fully saturated rings. The number of nitrogens with one attached hydrogen (secondary N) is 1. The first-order chi connectivity index (χ1) is 11.7. The predicted molar refractivity (Wildman–Crippen MR) is 87.6 cm³/mol. The van der Waals surface area contributed by atoms with Gasteiger partial charge in [0.05, 0.1) is 26.0 Å². The SMILES string of the molecule is CCOc1ccc(C(N)c2nc(-c3cnccn3)n[nH]2)cc1OC. The van der Waals surface area contributed by atoms with Crippen LogP contribution in [0.3, 0.4) is 0 Å². The zero-order valence-corrected chi connectivity index (χ0v) is 13.4. The molecule has 0 bridgehead atoms. The first kappa shape index (κ1) is 15.9. The fourth-order valence-electron chi connectivity index (χ4n) is 2.25. The van der Waals surface area contributed by atoms with Crippen LogP contribution in [0.4, 0.5) is 0 Å². The molecule has 3 N–H and O–H groups in total. The van der Waals surface area contributed by atoms with Crippen molar-refractivity contribution in [3.63, 3.8) is 0 Å². The number of ether oxygens (including phenoxy) is 2. The summed E-state index contributed by atoms with van der Waals surface area (Å²) in [5.74, 6) is 2.28. The van der Waals surface area contributed by atoms with Crippen LogP contribution in [-0.4, -0.2) is 38.9 Å². The summed E-state index contributed by atoms with van der Waals surface area (Å²) in [6.07, 6.45) is 4.77. The first-order valence-corrected chi connectivity index (χ1v) is 7.48. The van der Waals surface area contributed by atoms with Crippen LogP contribution in [0.15, 0.2) is 36.8 Å². The van der Waals surface area contributed by atoms with Gasteiger partial charge in [0, 0.05) is 12.4 Å². The summed E-state index contributed by atoms with van der Waals surface area (Å²) >= 11 is 0. The van der Waals surface area contributed by atoms with Gasteiger partial charge in [-0.1, -0.05) is 6.07 Å². The highest BCUT2D eigenvalue weighted by Gasteiger charge is 2.17.